The molecule has 1 atom stereocenters. The molecule has 0 radical (unpaired) electrons. The summed E-state index contributed by atoms with van der Waals surface area (Å²) >= 11 is 10.6. The molecule has 5 heteroatoms. The van der Waals surface area contributed by atoms with Crippen LogP contribution in [0.15, 0.2) is 51.8 Å². The van der Waals surface area contributed by atoms with E-state index in [9.17, 15) is 9.50 Å². The number of aliphatic hydroxyl groups is 1. The molecule has 0 spiro atoms. The van der Waals surface area contributed by atoms with Crippen molar-refractivity contribution >= 4 is 39.3 Å². The summed E-state index contributed by atoms with van der Waals surface area (Å²) in [6.45, 7) is 0. The monoisotopic (exact) mass is 374 g/mol. The van der Waals surface area contributed by atoms with Gasteiger partial charge in [-0.2, -0.15) is 0 Å². The molecule has 106 valence electrons. The standard InChI is InChI=1S/C15H13BrClFOS/c16-11-2-4-13(5-3-11)20-9-12(19)7-10-1-6-14(17)15(18)8-10/h1-6,8,12,19H,7,9H2. The van der Waals surface area contributed by atoms with Crippen LogP contribution in [0.25, 0.3) is 0 Å². The summed E-state index contributed by atoms with van der Waals surface area (Å²) in [5.41, 5.74) is 0.746. The van der Waals surface area contributed by atoms with E-state index in [0.29, 0.717) is 12.2 Å². The number of hydrogen-bond donors (Lipinski definition) is 1. The average molecular weight is 376 g/mol. The van der Waals surface area contributed by atoms with Gasteiger partial charge in [-0.05, 0) is 48.4 Å². The van der Waals surface area contributed by atoms with Gasteiger partial charge in [0.05, 0.1) is 11.1 Å². The van der Waals surface area contributed by atoms with E-state index in [4.69, 9.17) is 11.6 Å². The van der Waals surface area contributed by atoms with Crippen molar-refractivity contribution in [2.45, 2.75) is 17.4 Å². The number of benzene rings is 2. The zero-order valence-electron chi connectivity index (χ0n) is 10.5. The zero-order chi connectivity index (χ0) is 14.5. The lowest BCUT2D eigenvalue weighted by Gasteiger charge is -2.11. The molecule has 1 N–H and O–H groups in total. The first-order valence-corrected chi connectivity index (χ1v) is 8.20. The van der Waals surface area contributed by atoms with E-state index in [0.717, 1.165) is 14.9 Å². The van der Waals surface area contributed by atoms with E-state index in [1.54, 1.807) is 17.8 Å². The van der Waals surface area contributed by atoms with Gasteiger partial charge in [0.15, 0.2) is 0 Å². The number of halogens is 3. The van der Waals surface area contributed by atoms with E-state index < -0.39 is 11.9 Å². The highest BCUT2D eigenvalue weighted by molar-refractivity contribution is 9.10. The smallest absolute Gasteiger partial charge is 0.142 e. The van der Waals surface area contributed by atoms with Gasteiger partial charge in [0.25, 0.3) is 0 Å². The first-order valence-electron chi connectivity index (χ1n) is 6.05. The molecule has 2 aromatic carbocycles. The number of aliphatic hydroxyl groups excluding tert-OH is 1. The van der Waals surface area contributed by atoms with Gasteiger partial charge >= 0.3 is 0 Å². The molecule has 1 nitrogen and oxygen atoms in total. The molecule has 0 aliphatic rings. The van der Waals surface area contributed by atoms with E-state index >= 15 is 0 Å². The maximum Gasteiger partial charge on any atom is 0.142 e. The number of rotatable bonds is 5. The normalized spacial score (nSPS) is 12.4. The second-order valence-electron chi connectivity index (χ2n) is 4.37. The molecule has 0 heterocycles. The van der Waals surface area contributed by atoms with Gasteiger partial charge in [-0.1, -0.05) is 33.6 Å². The topological polar surface area (TPSA) is 20.2 Å². The molecule has 0 aliphatic carbocycles. The average Bonchev–Trinajstić information content (AvgIpc) is 2.42. The molecule has 0 aliphatic heterocycles. The Balaban J connectivity index is 1.87. The second-order valence-corrected chi connectivity index (χ2v) is 6.79. The molecule has 1 unspecified atom stereocenters. The van der Waals surface area contributed by atoms with Gasteiger partial charge in [-0.25, -0.2) is 4.39 Å². The molecule has 0 amide bonds. The molecule has 0 aromatic heterocycles. The molecule has 0 bridgehead atoms. The van der Waals surface area contributed by atoms with Crippen LogP contribution >= 0.6 is 39.3 Å². The van der Waals surface area contributed by atoms with Gasteiger partial charge < -0.3 is 5.11 Å². The summed E-state index contributed by atoms with van der Waals surface area (Å²) in [5, 5.41) is 10.1. The minimum absolute atomic E-state index is 0.104. The van der Waals surface area contributed by atoms with Crippen LogP contribution in [0.1, 0.15) is 5.56 Å². The van der Waals surface area contributed by atoms with E-state index in [2.05, 4.69) is 15.9 Å². The largest absolute Gasteiger partial charge is 0.392 e. The predicted molar refractivity (Wildman–Crippen MR) is 86.0 cm³/mol. The van der Waals surface area contributed by atoms with Crippen LogP contribution in [0.3, 0.4) is 0 Å². The van der Waals surface area contributed by atoms with Crippen LogP contribution in [0.4, 0.5) is 4.39 Å². The Kier molecular flexibility index (Phi) is 5.90. The fraction of sp³-hybridized carbons (Fsp3) is 0.200. The maximum atomic E-state index is 13.3. The first kappa shape index (κ1) is 15.8. The molecular formula is C15H13BrClFOS. The van der Waals surface area contributed by atoms with Crippen LogP contribution in [0.2, 0.25) is 5.02 Å². The van der Waals surface area contributed by atoms with Gasteiger partial charge in [0, 0.05) is 15.1 Å². The predicted octanol–water partition coefficient (Wildman–Crippen LogP) is 4.94. The summed E-state index contributed by atoms with van der Waals surface area (Å²) in [7, 11) is 0. The molecule has 20 heavy (non-hydrogen) atoms. The van der Waals surface area contributed by atoms with Gasteiger partial charge in [-0.3, -0.25) is 0 Å². The minimum Gasteiger partial charge on any atom is -0.392 e. The second kappa shape index (κ2) is 7.46. The molecule has 0 saturated carbocycles. The third kappa shape index (κ3) is 4.77. The van der Waals surface area contributed by atoms with Crippen molar-refractivity contribution in [2.24, 2.45) is 0 Å². The van der Waals surface area contributed by atoms with Crippen LogP contribution in [-0.2, 0) is 6.42 Å². The van der Waals surface area contributed by atoms with E-state index in [1.165, 1.54) is 12.1 Å². The van der Waals surface area contributed by atoms with E-state index in [1.807, 2.05) is 24.3 Å². The minimum atomic E-state index is -0.524. The molecule has 2 aromatic rings. The van der Waals surface area contributed by atoms with Crippen molar-refractivity contribution < 1.29 is 9.50 Å². The Labute approximate surface area is 135 Å². The van der Waals surface area contributed by atoms with Crippen molar-refractivity contribution in [3.8, 4) is 0 Å². The Morgan fingerprint density at radius 3 is 2.55 bits per heavy atom. The van der Waals surface area contributed by atoms with Crippen molar-refractivity contribution in [2.75, 3.05) is 5.75 Å². The Bertz CT molecular complexity index is 577. The van der Waals surface area contributed by atoms with Crippen molar-refractivity contribution in [1.82, 2.24) is 0 Å². The third-order valence-corrected chi connectivity index (χ3v) is 4.70. The lowest BCUT2D eigenvalue weighted by Crippen LogP contribution is -2.13. The number of thioether (sulfide) groups is 1. The van der Waals surface area contributed by atoms with Crippen LogP contribution in [0, 0.1) is 5.82 Å². The lowest BCUT2D eigenvalue weighted by atomic mass is 10.1. The Morgan fingerprint density at radius 1 is 1.20 bits per heavy atom. The summed E-state index contributed by atoms with van der Waals surface area (Å²) in [6, 6.07) is 12.5. The van der Waals surface area contributed by atoms with Crippen molar-refractivity contribution in [3.63, 3.8) is 0 Å². The summed E-state index contributed by atoms with van der Waals surface area (Å²) < 4.78 is 14.3. The van der Waals surface area contributed by atoms with Crippen LogP contribution in [-0.4, -0.2) is 17.0 Å². The van der Waals surface area contributed by atoms with E-state index in [-0.39, 0.29) is 5.02 Å². The van der Waals surface area contributed by atoms with Gasteiger partial charge in [0.2, 0.25) is 0 Å². The molecular weight excluding hydrogens is 363 g/mol. The quantitative estimate of drug-likeness (QED) is 0.747. The molecule has 0 saturated heterocycles. The maximum absolute atomic E-state index is 13.3. The highest BCUT2D eigenvalue weighted by Crippen LogP contribution is 2.23. The highest BCUT2D eigenvalue weighted by Gasteiger charge is 2.08. The number of hydrogen-bond acceptors (Lipinski definition) is 2. The van der Waals surface area contributed by atoms with Gasteiger partial charge in [0.1, 0.15) is 5.82 Å². The fourth-order valence-electron chi connectivity index (χ4n) is 1.72. The lowest BCUT2D eigenvalue weighted by molar-refractivity contribution is 0.200. The van der Waals surface area contributed by atoms with Crippen LogP contribution < -0.4 is 0 Å². The third-order valence-electron chi connectivity index (χ3n) is 2.71. The zero-order valence-corrected chi connectivity index (χ0v) is 13.7. The highest BCUT2D eigenvalue weighted by atomic mass is 79.9. The summed E-state index contributed by atoms with van der Waals surface area (Å²) in [4.78, 5) is 1.09. The summed E-state index contributed by atoms with van der Waals surface area (Å²) in [5.74, 6) is 0.114. The Morgan fingerprint density at radius 2 is 1.90 bits per heavy atom. The Hall–Kier alpha value is -0.550. The van der Waals surface area contributed by atoms with Gasteiger partial charge in [-0.15, -0.1) is 11.8 Å². The molecule has 0 fully saturated rings. The SMILES string of the molecule is OC(CSc1ccc(Br)cc1)Cc1ccc(Cl)c(F)c1. The fourth-order valence-corrected chi connectivity index (χ4v) is 2.93. The van der Waals surface area contributed by atoms with Crippen molar-refractivity contribution in [3.05, 3.63) is 63.3 Å². The summed E-state index contributed by atoms with van der Waals surface area (Å²) in [6.07, 6.45) is -0.110. The molecule has 2 rings (SSSR count). The first-order chi connectivity index (χ1) is 9.54. The van der Waals surface area contributed by atoms with Crippen molar-refractivity contribution in [1.29, 1.82) is 0 Å². The van der Waals surface area contributed by atoms with Crippen LogP contribution in [0.5, 0.6) is 0 Å².